The molecular formula is C37H32IN3O5. The summed E-state index contributed by atoms with van der Waals surface area (Å²) in [5.41, 5.74) is 6.61. The lowest BCUT2D eigenvalue weighted by atomic mass is 9.76. The molecule has 4 aromatic carbocycles. The lowest BCUT2D eigenvalue weighted by molar-refractivity contribution is -0.122. The zero-order chi connectivity index (χ0) is 31.9. The van der Waals surface area contributed by atoms with E-state index in [-0.39, 0.29) is 17.4 Å². The fourth-order valence-electron chi connectivity index (χ4n) is 7.05. The Labute approximate surface area is 281 Å². The van der Waals surface area contributed by atoms with Gasteiger partial charge >= 0.3 is 6.03 Å². The molecule has 0 saturated carbocycles. The molecule has 7 rings (SSSR count). The van der Waals surface area contributed by atoms with Gasteiger partial charge in [-0.05, 0) is 93.6 Å². The SMILES string of the molecule is COc1cc(/C=C2\C(=O)NC(=O)N(c3cc4c5c(c3)[C@@H](c3ccccc3)CCN5CC[C@@H]4c3ccccc3)C2=O)cc(I)c1OC. The summed E-state index contributed by atoms with van der Waals surface area (Å²) < 4.78 is 11.7. The van der Waals surface area contributed by atoms with Crippen molar-refractivity contribution < 1.29 is 23.9 Å². The lowest BCUT2D eigenvalue weighted by Gasteiger charge is -2.44. The van der Waals surface area contributed by atoms with E-state index in [1.807, 2.05) is 48.5 Å². The summed E-state index contributed by atoms with van der Waals surface area (Å²) in [6, 6.07) is 27.4. The molecule has 9 heteroatoms. The number of methoxy groups -OCH3 is 2. The summed E-state index contributed by atoms with van der Waals surface area (Å²) in [6.07, 6.45) is 3.32. The minimum absolute atomic E-state index is 0.0918. The fraction of sp³-hybridized carbons (Fsp3) is 0.216. The number of barbiturate groups is 1. The second kappa shape index (κ2) is 12.3. The third-order valence-electron chi connectivity index (χ3n) is 9.13. The highest BCUT2D eigenvalue weighted by atomic mass is 127. The molecule has 0 unspecified atom stereocenters. The number of nitrogens with one attached hydrogen (secondary N) is 1. The Balaban J connectivity index is 1.38. The van der Waals surface area contributed by atoms with Crippen LogP contribution in [-0.4, -0.2) is 45.2 Å². The van der Waals surface area contributed by atoms with E-state index in [1.165, 1.54) is 30.0 Å². The molecule has 3 heterocycles. The van der Waals surface area contributed by atoms with Crippen molar-refractivity contribution >= 4 is 57.9 Å². The summed E-state index contributed by atoms with van der Waals surface area (Å²) >= 11 is 2.12. The molecule has 3 aliphatic heterocycles. The number of amides is 4. The van der Waals surface area contributed by atoms with Crippen molar-refractivity contribution in [2.24, 2.45) is 0 Å². The molecule has 46 heavy (non-hydrogen) atoms. The molecule has 1 fully saturated rings. The summed E-state index contributed by atoms with van der Waals surface area (Å²) in [5.74, 6) is -0.217. The molecule has 232 valence electrons. The maximum Gasteiger partial charge on any atom is 0.335 e. The maximum atomic E-state index is 14.2. The molecule has 0 aliphatic carbocycles. The van der Waals surface area contributed by atoms with Gasteiger partial charge in [0.1, 0.15) is 5.57 Å². The van der Waals surface area contributed by atoms with Crippen LogP contribution < -0.4 is 24.6 Å². The summed E-state index contributed by atoms with van der Waals surface area (Å²) in [7, 11) is 3.08. The zero-order valence-electron chi connectivity index (χ0n) is 25.5. The zero-order valence-corrected chi connectivity index (χ0v) is 27.6. The molecule has 4 aromatic rings. The third-order valence-corrected chi connectivity index (χ3v) is 9.93. The first-order valence-corrected chi connectivity index (χ1v) is 16.3. The van der Waals surface area contributed by atoms with E-state index in [0.717, 1.165) is 45.5 Å². The number of anilines is 2. The Morgan fingerprint density at radius 1 is 0.804 bits per heavy atom. The van der Waals surface area contributed by atoms with E-state index in [0.29, 0.717) is 22.7 Å². The molecule has 1 saturated heterocycles. The fourth-order valence-corrected chi connectivity index (χ4v) is 7.89. The van der Waals surface area contributed by atoms with E-state index < -0.39 is 17.8 Å². The van der Waals surface area contributed by atoms with Gasteiger partial charge < -0.3 is 14.4 Å². The molecule has 0 radical (unpaired) electrons. The Morgan fingerprint density at radius 2 is 1.39 bits per heavy atom. The number of carbonyl (C=O) groups is 3. The van der Waals surface area contributed by atoms with Crippen LogP contribution in [-0.2, 0) is 9.59 Å². The van der Waals surface area contributed by atoms with Gasteiger partial charge in [0.2, 0.25) is 0 Å². The highest BCUT2D eigenvalue weighted by Gasteiger charge is 2.40. The molecule has 0 bridgehead atoms. The molecule has 3 aliphatic rings. The first kappa shape index (κ1) is 30.0. The van der Waals surface area contributed by atoms with Crippen LogP contribution in [0.4, 0.5) is 16.2 Å². The average molecular weight is 726 g/mol. The van der Waals surface area contributed by atoms with Crippen LogP contribution in [0, 0.1) is 3.57 Å². The predicted octanol–water partition coefficient (Wildman–Crippen LogP) is 6.85. The minimum atomic E-state index is -0.766. The molecule has 4 amide bonds. The number of halogens is 1. The number of imide groups is 2. The van der Waals surface area contributed by atoms with Gasteiger partial charge in [-0.25, -0.2) is 9.69 Å². The number of hydrogen-bond donors (Lipinski definition) is 1. The number of rotatable bonds is 6. The van der Waals surface area contributed by atoms with Crippen LogP contribution in [0.2, 0.25) is 0 Å². The van der Waals surface area contributed by atoms with E-state index >= 15 is 0 Å². The molecule has 0 spiro atoms. The molecule has 0 aromatic heterocycles. The van der Waals surface area contributed by atoms with Crippen molar-refractivity contribution in [2.45, 2.75) is 24.7 Å². The van der Waals surface area contributed by atoms with Gasteiger partial charge in [0, 0.05) is 30.6 Å². The van der Waals surface area contributed by atoms with Crippen molar-refractivity contribution in [3.8, 4) is 11.5 Å². The minimum Gasteiger partial charge on any atom is -0.493 e. The normalized spacial score (nSPS) is 20.0. The van der Waals surface area contributed by atoms with Crippen molar-refractivity contribution in [3.05, 3.63) is 122 Å². The van der Waals surface area contributed by atoms with Crippen LogP contribution in [0.5, 0.6) is 11.5 Å². The third kappa shape index (κ3) is 5.22. The summed E-state index contributed by atoms with van der Waals surface area (Å²) in [5, 5.41) is 2.41. The second-order valence-electron chi connectivity index (χ2n) is 11.7. The van der Waals surface area contributed by atoms with E-state index in [2.05, 4.69) is 57.1 Å². The van der Waals surface area contributed by atoms with Crippen LogP contribution in [0.15, 0.2) is 90.5 Å². The van der Waals surface area contributed by atoms with Crippen LogP contribution in [0.3, 0.4) is 0 Å². The number of urea groups is 1. The van der Waals surface area contributed by atoms with Gasteiger partial charge in [-0.3, -0.25) is 14.9 Å². The quantitative estimate of drug-likeness (QED) is 0.133. The number of benzene rings is 4. The van der Waals surface area contributed by atoms with Crippen molar-refractivity contribution in [1.29, 1.82) is 0 Å². The summed E-state index contributed by atoms with van der Waals surface area (Å²) in [6.45, 7) is 1.85. The Bertz CT molecular complexity index is 1820. The topological polar surface area (TPSA) is 88.2 Å². The maximum absolute atomic E-state index is 14.2. The number of nitrogens with zero attached hydrogens (tertiary/aromatic N) is 2. The summed E-state index contributed by atoms with van der Waals surface area (Å²) in [4.78, 5) is 44.3. The molecule has 2 atom stereocenters. The highest BCUT2D eigenvalue weighted by molar-refractivity contribution is 14.1. The first-order valence-electron chi connectivity index (χ1n) is 15.2. The second-order valence-corrected chi connectivity index (χ2v) is 12.8. The van der Waals surface area contributed by atoms with E-state index in [4.69, 9.17) is 9.47 Å². The number of hydrogen-bond acceptors (Lipinski definition) is 6. The van der Waals surface area contributed by atoms with Crippen molar-refractivity contribution in [2.75, 3.05) is 37.1 Å². The highest BCUT2D eigenvalue weighted by Crippen LogP contribution is 2.50. The average Bonchev–Trinajstić information content (AvgIpc) is 3.07. The number of carbonyl (C=O) groups excluding carboxylic acids is 3. The Morgan fingerprint density at radius 3 is 1.93 bits per heavy atom. The van der Waals surface area contributed by atoms with Crippen LogP contribution in [0.1, 0.15) is 52.5 Å². The standard InChI is InChI=1S/C37H32IN3O5/c1-45-32-19-22(18-31(38)34(32)46-2)17-30-35(42)39-37(44)41(36(30)43)25-20-28-26(23-9-5-3-6-10-23)13-15-40-16-14-27(29(21-25)33(28)40)24-11-7-4-8-12-24/h3-12,17-21,26-27H,13-16H2,1-2H3,(H,39,42,44)/b30-17+/t26-,27-/m1/s1. The monoisotopic (exact) mass is 725 g/mol. The van der Waals surface area contributed by atoms with Crippen molar-refractivity contribution in [3.63, 3.8) is 0 Å². The van der Waals surface area contributed by atoms with Gasteiger partial charge in [0.25, 0.3) is 11.8 Å². The van der Waals surface area contributed by atoms with Crippen LogP contribution in [0.25, 0.3) is 6.08 Å². The van der Waals surface area contributed by atoms with Gasteiger partial charge in [0.15, 0.2) is 11.5 Å². The first-order chi connectivity index (χ1) is 22.4. The van der Waals surface area contributed by atoms with Gasteiger partial charge in [-0.15, -0.1) is 0 Å². The van der Waals surface area contributed by atoms with Gasteiger partial charge in [-0.1, -0.05) is 60.7 Å². The lowest BCUT2D eigenvalue weighted by Crippen LogP contribution is -2.54. The van der Waals surface area contributed by atoms with Crippen molar-refractivity contribution in [1.82, 2.24) is 5.32 Å². The molecule has 8 nitrogen and oxygen atoms in total. The molecule has 1 N–H and O–H groups in total. The smallest absolute Gasteiger partial charge is 0.335 e. The van der Waals surface area contributed by atoms with Gasteiger partial charge in [-0.2, -0.15) is 0 Å². The molecular weight excluding hydrogens is 693 g/mol. The Hall–Kier alpha value is -4.64. The van der Waals surface area contributed by atoms with E-state index in [9.17, 15) is 14.4 Å². The predicted molar refractivity (Wildman–Crippen MR) is 186 cm³/mol. The van der Waals surface area contributed by atoms with Gasteiger partial charge in [0.05, 0.1) is 23.5 Å². The van der Waals surface area contributed by atoms with Crippen LogP contribution >= 0.6 is 22.6 Å². The van der Waals surface area contributed by atoms with E-state index in [1.54, 1.807) is 19.2 Å². The Kier molecular flexibility index (Phi) is 8.02. The number of ether oxygens (including phenoxy) is 2. The largest absolute Gasteiger partial charge is 0.493 e.